The second-order valence-electron chi connectivity index (χ2n) is 3.42. The van der Waals surface area contributed by atoms with Gasteiger partial charge in [-0.25, -0.2) is 0 Å². The number of benzene rings is 1. The number of ether oxygens (including phenoxy) is 1. The number of hydrogen-bond donors (Lipinski definition) is 0. The van der Waals surface area contributed by atoms with Gasteiger partial charge < -0.3 is 4.74 Å². The van der Waals surface area contributed by atoms with Gasteiger partial charge in [-0.15, -0.1) is 0 Å². The molecule has 1 aromatic carbocycles. The van der Waals surface area contributed by atoms with Gasteiger partial charge in [0.2, 0.25) is 0 Å². The number of carbonyl (C=O) groups is 2. The van der Waals surface area contributed by atoms with Crippen molar-refractivity contribution >= 4 is 17.4 Å². The minimum absolute atomic E-state index is 0.169. The fraction of sp³-hybridized carbons (Fsp3) is 0.273. The molecule has 0 heterocycles. The van der Waals surface area contributed by atoms with Gasteiger partial charge in [-0.05, 0) is 12.5 Å². The molecule has 0 saturated heterocycles. The zero-order valence-corrected chi connectivity index (χ0v) is 9.38. The van der Waals surface area contributed by atoms with Crippen LogP contribution in [0.4, 0.5) is 5.69 Å². The Kier molecular flexibility index (Phi) is 3.92. The molecule has 0 aliphatic carbocycles. The van der Waals surface area contributed by atoms with Crippen molar-refractivity contribution in [1.29, 1.82) is 0 Å². The highest BCUT2D eigenvalue weighted by Gasteiger charge is 2.27. The molecule has 0 aliphatic heterocycles. The lowest BCUT2D eigenvalue weighted by Crippen LogP contribution is -2.21. The Morgan fingerprint density at radius 1 is 1.41 bits per heavy atom. The first kappa shape index (κ1) is 12.8. The number of non-ortho nitro benzene ring substituents is 1. The van der Waals surface area contributed by atoms with Crippen LogP contribution in [0.2, 0.25) is 0 Å². The normalized spacial score (nSPS) is 11.6. The van der Waals surface area contributed by atoms with Gasteiger partial charge in [-0.3, -0.25) is 19.7 Å². The summed E-state index contributed by atoms with van der Waals surface area (Å²) in [5.41, 5.74) is 0.0937. The largest absolute Gasteiger partial charge is 0.468 e. The molecule has 1 aromatic rings. The van der Waals surface area contributed by atoms with Crippen LogP contribution in [0.15, 0.2) is 24.3 Å². The monoisotopic (exact) mass is 237 g/mol. The van der Waals surface area contributed by atoms with Crippen molar-refractivity contribution in [3.05, 3.63) is 39.9 Å². The van der Waals surface area contributed by atoms with E-state index in [1.54, 1.807) is 0 Å². The first-order valence-corrected chi connectivity index (χ1v) is 4.80. The standard InChI is InChI=1S/C11H11NO5/c1-7(13)10(11(14)17-2)8-4-3-5-9(6-8)12(15)16/h3-6,10H,1-2H3. The van der Waals surface area contributed by atoms with Gasteiger partial charge in [-0.2, -0.15) is 0 Å². The smallest absolute Gasteiger partial charge is 0.320 e. The van der Waals surface area contributed by atoms with E-state index in [0.29, 0.717) is 0 Å². The highest BCUT2D eigenvalue weighted by Crippen LogP contribution is 2.22. The fourth-order valence-corrected chi connectivity index (χ4v) is 1.47. The maximum absolute atomic E-state index is 11.4. The van der Waals surface area contributed by atoms with E-state index in [2.05, 4.69) is 4.74 Å². The van der Waals surface area contributed by atoms with Crippen molar-refractivity contribution < 1.29 is 19.2 Å². The summed E-state index contributed by atoms with van der Waals surface area (Å²) in [6.45, 7) is 1.24. The molecule has 90 valence electrons. The first-order chi connectivity index (χ1) is 7.97. The number of ketones is 1. The Hall–Kier alpha value is -2.24. The first-order valence-electron chi connectivity index (χ1n) is 4.80. The lowest BCUT2D eigenvalue weighted by molar-refractivity contribution is -0.384. The SMILES string of the molecule is COC(=O)C(C(C)=O)c1cccc([N+](=O)[O-])c1. The molecule has 1 atom stereocenters. The Balaban J connectivity index is 3.19. The van der Waals surface area contributed by atoms with E-state index in [1.807, 2.05) is 0 Å². The molecule has 0 N–H and O–H groups in total. The number of hydrogen-bond acceptors (Lipinski definition) is 5. The summed E-state index contributed by atoms with van der Waals surface area (Å²) in [4.78, 5) is 32.8. The van der Waals surface area contributed by atoms with Crippen molar-refractivity contribution in [3.8, 4) is 0 Å². The van der Waals surface area contributed by atoms with E-state index in [9.17, 15) is 19.7 Å². The number of carbonyl (C=O) groups excluding carboxylic acids is 2. The number of nitro benzene ring substituents is 1. The molecule has 0 bridgehead atoms. The van der Waals surface area contributed by atoms with E-state index in [-0.39, 0.29) is 11.3 Å². The summed E-state index contributed by atoms with van der Waals surface area (Å²) >= 11 is 0. The van der Waals surface area contributed by atoms with Gasteiger partial charge in [0, 0.05) is 12.1 Å². The third-order valence-electron chi connectivity index (χ3n) is 2.26. The van der Waals surface area contributed by atoms with Gasteiger partial charge in [0.15, 0.2) is 0 Å². The van der Waals surface area contributed by atoms with Crippen LogP contribution in [0.5, 0.6) is 0 Å². The van der Waals surface area contributed by atoms with Crippen molar-refractivity contribution in [2.24, 2.45) is 0 Å². The Labute approximate surface area is 97.3 Å². The number of esters is 1. The molecule has 1 rings (SSSR count). The van der Waals surface area contributed by atoms with Crippen LogP contribution in [0, 0.1) is 10.1 Å². The molecule has 0 radical (unpaired) electrons. The van der Waals surface area contributed by atoms with Crippen molar-refractivity contribution in [2.45, 2.75) is 12.8 Å². The minimum atomic E-state index is -1.11. The quantitative estimate of drug-likeness (QED) is 0.342. The summed E-state index contributed by atoms with van der Waals surface area (Å²) in [5, 5.41) is 10.6. The highest BCUT2D eigenvalue weighted by atomic mass is 16.6. The second kappa shape index (κ2) is 5.20. The van der Waals surface area contributed by atoms with Crippen LogP contribution in [0.3, 0.4) is 0 Å². The summed E-state index contributed by atoms with van der Waals surface area (Å²) in [6, 6.07) is 5.39. The van der Waals surface area contributed by atoms with E-state index in [1.165, 1.54) is 31.2 Å². The van der Waals surface area contributed by atoms with E-state index in [4.69, 9.17) is 0 Å². The molecule has 0 saturated carbocycles. The predicted octanol–water partition coefficient (Wildman–Crippen LogP) is 1.44. The van der Waals surface area contributed by atoms with Crippen molar-refractivity contribution in [2.75, 3.05) is 7.11 Å². The fourth-order valence-electron chi connectivity index (χ4n) is 1.47. The molecular weight excluding hydrogens is 226 g/mol. The lowest BCUT2D eigenvalue weighted by atomic mass is 9.95. The molecular formula is C11H11NO5. The van der Waals surface area contributed by atoms with Crippen molar-refractivity contribution in [3.63, 3.8) is 0 Å². The molecule has 17 heavy (non-hydrogen) atoms. The predicted molar refractivity (Wildman–Crippen MR) is 58.5 cm³/mol. The molecule has 6 heteroatoms. The third-order valence-corrected chi connectivity index (χ3v) is 2.26. The topological polar surface area (TPSA) is 86.5 Å². The van der Waals surface area contributed by atoms with Crippen LogP contribution in [-0.4, -0.2) is 23.8 Å². The Morgan fingerprint density at radius 3 is 2.53 bits per heavy atom. The number of rotatable bonds is 4. The number of nitro groups is 1. The number of Topliss-reactive ketones (excluding diaryl/α,β-unsaturated/α-hetero) is 1. The number of nitrogens with zero attached hydrogens (tertiary/aromatic N) is 1. The molecule has 0 aromatic heterocycles. The van der Waals surface area contributed by atoms with Gasteiger partial charge >= 0.3 is 5.97 Å². The summed E-state index contributed by atoms with van der Waals surface area (Å²) in [5.74, 6) is -2.25. The molecule has 0 aliphatic rings. The van der Waals surface area contributed by atoms with Gasteiger partial charge in [0.05, 0.1) is 12.0 Å². The zero-order chi connectivity index (χ0) is 13.0. The highest BCUT2D eigenvalue weighted by molar-refractivity contribution is 6.03. The minimum Gasteiger partial charge on any atom is -0.468 e. The maximum atomic E-state index is 11.4. The van der Waals surface area contributed by atoms with Crippen LogP contribution in [0.1, 0.15) is 18.4 Å². The summed E-state index contributed by atoms with van der Waals surface area (Å²) in [7, 11) is 1.16. The molecule has 0 spiro atoms. The Morgan fingerprint density at radius 2 is 2.06 bits per heavy atom. The van der Waals surface area contributed by atoms with Gasteiger partial charge in [-0.1, -0.05) is 12.1 Å². The average molecular weight is 237 g/mol. The Bertz CT molecular complexity index is 469. The molecule has 0 fully saturated rings. The van der Waals surface area contributed by atoms with Crippen molar-refractivity contribution in [1.82, 2.24) is 0 Å². The molecule has 6 nitrogen and oxygen atoms in total. The van der Waals surface area contributed by atoms with Gasteiger partial charge in [0.1, 0.15) is 11.7 Å². The maximum Gasteiger partial charge on any atom is 0.320 e. The van der Waals surface area contributed by atoms with E-state index < -0.39 is 22.6 Å². The average Bonchev–Trinajstić information content (AvgIpc) is 2.28. The van der Waals surface area contributed by atoms with Crippen LogP contribution in [-0.2, 0) is 14.3 Å². The summed E-state index contributed by atoms with van der Waals surface area (Å²) in [6.07, 6.45) is 0. The lowest BCUT2D eigenvalue weighted by Gasteiger charge is -2.11. The second-order valence-corrected chi connectivity index (χ2v) is 3.42. The molecule has 0 amide bonds. The number of methoxy groups -OCH3 is 1. The summed E-state index contributed by atoms with van der Waals surface area (Å²) < 4.78 is 4.50. The van der Waals surface area contributed by atoms with Crippen LogP contribution < -0.4 is 0 Å². The van der Waals surface area contributed by atoms with Crippen LogP contribution in [0.25, 0.3) is 0 Å². The van der Waals surface area contributed by atoms with E-state index >= 15 is 0 Å². The molecule has 1 unspecified atom stereocenters. The van der Waals surface area contributed by atoms with Crippen LogP contribution >= 0.6 is 0 Å². The zero-order valence-electron chi connectivity index (χ0n) is 9.38. The van der Waals surface area contributed by atoms with E-state index in [0.717, 1.165) is 7.11 Å². The third kappa shape index (κ3) is 2.87. The van der Waals surface area contributed by atoms with Gasteiger partial charge in [0.25, 0.3) is 5.69 Å².